The van der Waals surface area contributed by atoms with Crippen LogP contribution in [0, 0.1) is 5.92 Å². The minimum atomic E-state index is -0.409. The van der Waals surface area contributed by atoms with Crippen molar-refractivity contribution < 1.29 is 14.3 Å². The van der Waals surface area contributed by atoms with Crippen molar-refractivity contribution in [2.24, 2.45) is 5.92 Å². The number of carbonyl (C=O) groups is 2. The van der Waals surface area contributed by atoms with Gasteiger partial charge in [0.25, 0.3) is 0 Å². The highest BCUT2D eigenvalue weighted by Gasteiger charge is 2.28. The van der Waals surface area contributed by atoms with Crippen molar-refractivity contribution in [1.82, 2.24) is 0 Å². The fourth-order valence-electron chi connectivity index (χ4n) is 2.29. The lowest BCUT2D eigenvalue weighted by molar-refractivity contribution is -0.146. The Morgan fingerprint density at radius 1 is 1.24 bits per heavy atom. The number of ether oxygens (including phenoxy) is 1. The Morgan fingerprint density at radius 2 is 1.82 bits per heavy atom. The van der Waals surface area contributed by atoms with Gasteiger partial charge in [-0.15, -0.1) is 0 Å². The molecular weight excluding hydrogens is 216 g/mol. The summed E-state index contributed by atoms with van der Waals surface area (Å²) in [6.07, 6.45) is 1.43. The van der Waals surface area contributed by atoms with Crippen LogP contribution in [0.5, 0.6) is 0 Å². The summed E-state index contributed by atoms with van der Waals surface area (Å²) >= 11 is 0. The summed E-state index contributed by atoms with van der Waals surface area (Å²) in [6, 6.07) is 8.06. The van der Waals surface area contributed by atoms with Crippen LogP contribution in [0.15, 0.2) is 24.3 Å². The van der Waals surface area contributed by atoms with E-state index in [9.17, 15) is 9.59 Å². The quantitative estimate of drug-likeness (QED) is 0.588. The van der Waals surface area contributed by atoms with Gasteiger partial charge in [0.05, 0.1) is 6.61 Å². The SMILES string of the molecule is CCOC(=O)CC(=O)C1Cc2ccccc2C1. The van der Waals surface area contributed by atoms with Crippen LogP contribution in [-0.2, 0) is 27.2 Å². The number of esters is 1. The molecule has 0 aliphatic heterocycles. The van der Waals surface area contributed by atoms with Crippen molar-refractivity contribution in [2.45, 2.75) is 26.2 Å². The van der Waals surface area contributed by atoms with E-state index < -0.39 is 5.97 Å². The third-order valence-electron chi connectivity index (χ3n) is 3.13. The number of hydrogen-bond acceptors (Lipinski definition) is 3. The number of benzene rings is 1. The number of ketones is 1. The molecule has 0 heterocycles. The zero-order valence-corrected chi connectivity index (χ0v) is 9.94. The van der Waals surface area contributed by atoms with Gasteiger partial charge in [-0.3, -0.25) is 9.59 Å². The van der Waals surface area contributed by atoms with Gasteiger partial charge in [0.1, 0.15) is 12.2 Å². The predicted molar refractivity (Wildman–Crippen MR) is 63.6 cm³/mol. The smallest absolute Gasteiger partial charge is 0.313 e. The summed E-state index contributed by atoms with van der Waals surface area (Å²) in [5.41, 5.74) is 2.46. The maximum Gasteiger partial charge on any atom is 0.313 e. The van der Waals surface area contributed by atoms with E-state index in [2.05, 4.69) is 0 Å². The van der Waals surface area contributed by atoms with E-state index in [1.165, 1.54) is 11.1 Å². The lowest BCUT2D eigenvalue weighted by Crippen LogP contribution is -2.19. The van der Waals surface area contributed by atoms with E-state index in [0.29, 0.717) is 6.61 Å². The van der Waals surface area contributed by atoms with Crippen molar-refractivity contribution in [3.63, 3.8) is 0 Å². The summed E-state index contributed by atoms with van der Waals surface area (Å²) in [6.45, 7) is 2.07. The molecule has 1 aliphatic carbocycles. The zero-order valence-electron chi connectivity index (χ0n) is 9.94. The first-order valence-electron chi connectivity index (χ1n) is 5.95. The van der Waals surface area contributed by atoms with E-state index in [-0.39, 0.29) is 18.1 Å². The maximum absolute atomic E-state index is 11.9. The van der Waals surface area contributed by atoms with Crippen molar-refractivity contribution in [3.05, 3.63) is 35.4 Å². The van der Waals surface area contributed by atoms with E-state index in [1.54, 1.807) is 6.92 Å². The molecule has 0 amide bonds. The lowest BCUT2D eigenvalue weighted by Gasteiger charge is -2.07. The summed E-state index contributed by atoms with van der Waals surface area (Å²) in [7, 11) is 0. The molecule has 1 aromatic rings. The van der Waals surface area contributed by atoms with Crippen LogP contribution in [0.1, 0.15) is 24.5 Å². The van der Waals surface area contributed by atoms with Gasteiger partial charge < -0.3 is 4.74 Å². The van der Waals surface area contributed by atoms with Crippen LogP contribution in [0.25, 0.3) is 0 Å². The van der Waals surface area contributed by atoms with Crippen LogP contribution in [0.4, 0.5) is 0 Å². The topological polar surface area (TPSA) is 43.4 Å². The third-order valence-corrected chi connectivity index (χ3v) is 3.13. The molecule has 0 N–H and O–H groups in total. The predicted octanol–water partition coefficient (Wildman–Crippen LogP) is 1.92. The van der Waals surface area contributed by atoms with Crippen molar-refractivity contribution in [3.8, 4) is 0 Å². The number of carbonyl (C=O) groups excluding carboxylic acids is 2. The molecule has 0 bridgehead atoms. The number of Topliss-reactive ketones (excluding diaryl/α,β-unsaturated/α-hetero) is 1. The van der Waals surface area contributed by atoms with E-state index in [4.69, 9.17) is 4.74 Å². The molecule has 3 heteroatoms. The van der Waals surface area contributed by atoms with Gasteiger partial charge in [-0.25, -0.2) is 0 Å². The largest absolute Gasteiger partial charge is 0.466 e. The van der Waals surface area contributed by atoms with E-state index in [1.807, 2.05) is 24.3 Å². The molecule has 0 saturated carbocycles. The molecule has 90 valence electrons. The number of fused-ring (bicyclic) bond motifs is 1. The normalized spacial score (nSPS) is 14.4. The molecule has 0 saturated heterocycles. The van der Waals surface area contributed by atoms with Gasteiger partial charge in [0, 0.05) is 5.92 Å². The lowest BCUT2D eigenvalue weighted by atomic mass is 9.98. The van der Waals surface area contributed by atoms with Gasteiger partial charge in [0.2, 0.25) is 0 Å². The van der Waals surface area contributed by atoms with Crippen LogP contribution in [-0.4, -0.2) is 18.4 Å². The molecule has 3 nitrogen and oxygen atoms in total. The molecule has 0 fully saturated rings. The minimum Gasteiger partial charge on any atom is -0.466 e. The van der Waals surface area contributed by atoms with Crippen LogP contribution in [0.2, 0.25) is 0 Å². The Labute approximate surface area is 101 Å². The highest BCUT2D eigenvalue weighted by molar-refractivity contribution is 5.97. The van der Waals surface area contributed by atoms with Crippen LogP contribution < -0.4 is 0 Å². The molecule has 1 aliphatic rings. The van der Waals surface area contributed by atoms with Crippen molar-refractivity contribution in [2.75, 3.05) is 6.61 Å². The minimum absolute atomic E-state index is 0.000324. The Kier molecular flexibility index (Phi) is 3.57. The van der Waals surface area contributed by atoms with Crippen molar-refractivity contribution in [1.29, 1.82) is 0 Å². The Balaban J connectivity index is 1.94. The second-order valence-corrected chi connectivity index (χ2v) is 4.32. The first-order chi connectivity index (χ1) is 8.20. The van der Waals surface area contributed by atoms with Gasteiger partial charge >= 0.3 is 5.97 Å². The molecule has 17 heavy (non-hydrogen) atoms. The molecule has 0 radical (unpaired) electrons. The van der Waals surface area contributed by atoms with Crippen LogP contribution in [0.3, 0.4) is 0 Å². The summed E-state index contributed by atoms with van der Waals surface area (Å²) < 4.78 is 4.79. The molecular formula is C14H16O3. The zero-order chi connectivity index (χ0) is 12.3. The summed E-state index contributed by atoms with van der Waals surface area (Å²) in [4.78, 5) is 23.1. The summed E-state index contributed by atoms with van der Waals surface area (Å²) in [5.74, 6) is -0.454. The average Bonchev–Trinajstić information content (AvgIpc) is 2.72. The first-order valence-corrected chi connectivity index (χ1v) is 5.95. The van der Waals surface area contributed by atoms with Crippen molar-refractivity contribution >= 4 is 11.8 Å². The molecule has 0 unspecified atom stereocenters. The second-order valence-electron chi connectivity index (χ2n) is 4.32. The van der Waals surface area contributed by atoms with Gasteiger partial charge in [-0.2, -0.15) is 0 Å². The van der Waals surface area contributed by atoms with E-state index in [0.717, 1.165) is 12.8 Å². The monoisotopic (exact) mass is 232 g/mol. The molecule has 0 aromatic heterocycles. The van der Waals surface area contributed by atoms with Gasteiger partial charge in [-0.1, -0.05) is 24.3 Å². The molecule has 0 atom stereocenters. The fraction of sp³-hybridized carbons (Fsp3) is 0.429. The van der Waals surface area contributed by atoms with Crippen LogP contribution >= 0.6 is 0 Å². The average molecular weight is 232 g/mol. The molecule has 1 aromatic carbocycles. The third kappa shape index (κ3) is 2.73. The number of rotatable bonds is 4. The fourth-order valence-corrected chi connectivity index (χ4v) is 2.29. The standard InChI is InChI=1S/C14H16O3/c1-2-17-14(16)9-13(15)12-7-10-5-3-4-6-11(10)8-12/h3-6,12H,2,7-9H2,1H3. The highest BCUT2D eigenvalue weighted by Crippen LogP contribution is 2.27. The summed E-state index contributed by atoms with van der Waals surface area (Å²) in [5, 5.41) is 0. The Morgan fingerprint density at radius 3 is 2.35 bits per heavy atom. The second kappa shape index (κ2) is 5.13. The number of hydrogen-bond donors (Lipinski definition) is 0. The van der Waals surface area contributed by atoms with E-state index >= 15 is 0 Å². The first kappa shape index (κ1) is 11.8. The maximum atomic E-state index is 11.9. The Hall–Kier alpha value is -1.64. The highest BCUT2D eigenvalue weighted by atomic mass is 16.5. The Bertz CT molecular complexity index is 412. The van der Waals surface area contributed by atoms with Gasteiger partial charge in [0.15, 0.2) is 0 Å². The molecule has 0 spiro atoms. The molecule has 2 rings (SSSR count). The van der Waals surface area contributed by atoms with Gasteiger partial charge in [-0.05, 0) is 30.9 Å².